The standard InChI is InChI=1S/C25H23NS2/c1-12(2)21-10-17-15-8-14(5)9-16-18-11-22(13(3)4)28-25(18)20-7-6-19(24(17)27-21)26(20)23(15)16/h6-13H,1-5H3. The maximum Gasteiger partial charge on any atom is 0.0642 e. The van der Waals surface area contributed by atoms with Gasteiger partial charge in [0, 0.05) is 31.3 Å². The van der Waals surface area contributed by atoms with Gasteiger partial charge in [-0.2, -0.15) is 0 Å². The van der Waals surface area contributed by atoms with Crippen molar-refractivity contribution in [2.45, 2.75) is 46.5 Å². The van der Waals surface area contributed by atoms with Gasteiger partial charge in [0.15, 0.2) is 0 Å². The zero-order valence-corrected chi connectivity index (χ0v) is 18.5. The van der Waals surface area contributed by atoms with Crippen molar-refractivity contribution in [3.8, 4) is 0 Å². The van der Waals surface area contributed by atoms with Gasteiger partial charge in [0.1, 0.15) is 0 Å². The molecule has 140 valence electrons. The van der Waals surface area contributed by atoms with Crippen LogP contribution in [0.4, 0.5) is 0 Å². The van der Waals surface area contributed by atoms with Gasteiger partial charge in [-0.05, 0) is 60.7 Å². The van der Waals surface area contributed by atoms with Crippen molar-refractivity contribution in [2.24, 2.45) is 0 Å². The Morgan fingerprint density at radius 2 is 1.14 bits per heavy atom. The summed E-state index contributed by atoms with van der Waals surface area (Å²) in [7, 11) is 0. The van der Waals surface area contributed by atoms with E-state index >= 15 is 0 Å². The minimum atomic E-state index is 0.562. The molecule has 0 radical (unpaired) electrons. The van der Waals surface area contributed by atoms with Gasteiger partial charge >= 0.3 is 0 Å². The van der Waals surface area contributed by atoms with Gasteiger partial charge in [0.05, 0.1) is 25.9 Å². The quantitative estimate of drug-likeness (QED) is 0.273. The van der Waals surface area contributed by atoms with Crippen molar-refractivity contribution < 1.29 is 0 Å². The SMILES string of the molecule is Cc1cc2c3cc(C(C)C)sc3c3ccc4c5sc(C(C)C)cc5c(c1)c2n34. The van der Waals surface area contributed by atoms with Crippen LogP contribution in [0.3, 0.4) is 0 Å². The van der Waals surface area contributed by atoms with Crippen LogP contribution in [0.1, 0.15) is 54.8 Å². The van der Waals surface area contributed by atoms with E-state index < -0.39 is 0 Å². The van der Waals surface area contributed by atoms with E-state index in [0.29, 0.717) is 11.8 Å². The molecule has 6 aromatic rings. The van der Waals surface area contributed by atoms with E-state index in [9.17, 15) is 0 Å². The van der Waals surface area contributed by atoms with Crippen LogP contribution in [0.25, 0.3) is 47.5 Å². The summed E-state index contributed by atoms with van der Waals surface area (Å²) >= 11 is 3.95. The molecule has 5 aromatic heterocycles. The van der Waals surface area contributed by atoms with Crippen LogP contribution >= 0.6 is 22.7 Å². The number of nitrogens with zero attached hydrogens (tertiary/aromatic N) is 1. The maximum atomic E-state index is 2.54. The molecule has 1 nitrogen and oxygen atoms in total. The summed E-state index contributed by atoms with van der Waals surface area (Å²) in [4.78, 5) is 2.96. The molecule has 0 aliphatic heterocycles. The normalized spacial score (nSPS) is 13.1. The molecule has 0 unspecified atom stereocenters. The first-order valence-corrected chi connectivity index (χ1v) is 11.7. The first kappa shape index (κ1) is 16.8. The number of thiophene rings is 2. The van der Waals surface area contributed by atoms with E-state index in [0.717, 1.165) is 0 Å². The fraction of sp³-hybridized carbons (Fsp3) is 0.280. The Bertz CT molecular complexity index is 1410. The average molecular weight is 402 g/mol. The largest absolute Gasteiger partial charge is 0.306 e. The predicted octanol–water partition coefficient (Wildman–Crippen LogP) is 8.67. The second-order valence-electron chi connectivity index (χ2n) is 8.74. The fourth-order valence-corrected chi connectivity index (χ4v) is 7.01. The van der Waals surface area contributed by atoms with Gasteiger partial charge in [0.2, 0.25) is 0 Å². The maximum absolute atomic E-state index is 2.54. The van der Waals surface area contributed by atoms with Gasteiger partial charge < -0.3 is 4.40 Å². The summed E-state index contributed by atoms with van der Waals surface area (Å²) in [6.07, 6.45) is 0. The molecule has 0 aliphatic rings. The number of fused-ring (bicyclic) bond motifs is 6. The van der Waals surface area contributed by atoms with Crippen LogP contribution in [0.2, 0.25) is 0 Å². The van der Waals surface area contributed by atoms with Crippen molar-refractivity contribution in [1.29, 1.82) is 0 Å². The van der Waals surface area contributed by atoms with E-state index in [1.807, 2.05) is 22.7 Å². The average Bonchev–Trinajstić information content (AvgIpc) is 3.36. The number of aromatic nitrogens is 1. The van der Waals surface area contributed by atoms with Crippen molar-refractivity contribution in [2.75, 3.05) is 0 Å². The number of aryl methyl sites for hydroxylation is 1. The van der Waals surface area contributed by atoms with Crippen molar-refractivity contribution in [3.63, 3.8) is 0 Å². The van der Waals surface area contributed by atoms with Gasteiger partial charge in [-0.25, -0.2) is 0 Å². The Morgan fingerprint density at radius 1 is 0.679 bits per heavy atom. The second-order valence-corrected chi connectivity index (χ2v) is 10.9. The van der Waals surface area contributed by atoms with Crippen LogP contribution in [-0.2, 0) is 0 Å². The zero-order chi connectivity index (χ0) is 19.3. The lowest BCUT2D eigenvalue weighted by Gasteiger charge is -2.13. The molecule has 28 heavy (non-hydrogen) atoms. The number of hydrogen-bond donors (Lipinski definition) is 0. The molecular formula is C25H23NS2. The zero-order valence-electron chi connectivity index (χ0n) is 16.9. The Balaban J connectivity index is 1.95. The molecule has 0 saturated carbocycles. The summed E-state index contributed by atoms with van der Waals surface area (Å²) in [5, 5.41) is 5.66. The number of rotatable bonds is 2. The van der Waals surface area contributed by atoms with Crippen molar-refractivity contribution >= 4 is 70.2 Å². The lowest BCUT2D eigenvalue weighted by molar-refractivity contribution is 0.890. The summed E-state index contributed by atoms with van der Waals surface area (Å²) in [5.41, 5.74) is 5.47. The van der Waals surface area contributed by atoms with Gasteiger partial charge in [-0.15, -0.1) is 22.7 Å². The predicted molar refractivity (Wildman–Crippen MR) is 127 cm³/mol. The van der Waals surface area contributed by atoms with Crippen LogP contribution in [0.15, 0.2) is 36.4 Å². The molecule has 0 spiro atoms. The molecule has 0 saturated heterocycles. The molecule has 5 heterocycles. The van der Waals surface area contributed by atoms with Crippen LogP contribution in [-0.4, -0.2) is 4.40 Å². The molecule has 0 atom stereocenters. The van der Waals surface area contributed by atoms with Gasteiger partial charge in [0.25, 0.3) is 0 Å². The van der Waals surface area contributed by atoms with Crippen molar-refractivity contribution in [1.82, 2.24) is 4.40 Å². The topological polar surface area (TPSA) is 4.41 Å². The van der Waals surface area contributed by atoms with Gasteiger partial charge in [-0.3, -0.25) is 0 Å². The molecule has 0 aliphatic carbocycles. The number of hydrogen-bond acceptors (Lipinski definition) is 2. The minimum absolute atomic E-state index is 0.562. The first-order valence-electron chi connectivity index (χ1n) is 10.1. The molecule has 6 rings (SSSR count). The Morgan fingerprint density at radius 3 is 1.57 bits per heavy atom. The molecule has 0 N–H and O–H groups in total. The summed E-state index contributed by atoms with van der Waals surface area (Å²) in [5.74, 6) is 1.12. The molecule has 3 heteroatoms. The highest BCUT2D eigenvalue weighted by atomic mass is 32.1. The molecule has 1 aromatic carbocycles. The van der Waals surface area contributed by atoms with Crippen LogP contribution in [0.5, 0.6) is 0 Å². The van der Waals surface area contributed by atoms with Crippen LogP contribution in [0, 0.1) is 6.92 Å². The Hall–Kier alpha value is -2.10. The monoisotopic (exact) mass is 401 g/mol. The Kier molecular flexibility index (Phi) is 3.30. The molecule has 0 amide bonds. The summed E-state index contributed by atoms with van der Waals surface area (Å²) in [6.45, 7) is 11.4. The smallest absolute Gasteiger partial charge is 0.0642 e. The third kappa shape index (κ3) is 2.01. The third-order valence-corrected chi connectivity index (χ3v) is 8.96. The lowest BCUT2D eigenvalue weighted by Crippen LogP contribution is -1.93. The van der Waals surface area contributed by atoms with E-state index in [4.69, 9.17) is 0 Å². The fourth-order valence-electron chi connectivity index (χ4n) is 4.63. The summed E-state index contributed by atoms with van der Waals surface area (Å²) in [6, 6.07) is 14.3. The number of pyridine rings is 2. The highest BCUT2D eigenvalue weighted by Gasteiger charge is 2.21. The highest BCUT2D eigenvalue weighted by Crippen LogP contribution is 2.46. The second kappa shape index (κ2) is 5.49. The molecular weight excluding hydrogens is 378 g/mol. The molecule has 0 fully saturated rings. The lowest BCUT2D eigenvalue weighted by atomic mass is 10.0. The van der Waals surface area contributed by atoms with Crippen molar-refractivity contribution in [3.05, 3.63) is 51.7 Å². The highest BCUT2D eigenvalue weighted by molar-refractivity contribution is 7.20. The third-order valence-electron chi connectivity index (χ3n) is 6.04. The molecule has 0 bridgehead atoms. The van der Waals surface area contributed by atoms with E-state index in [-0.39, 0.29) is 0 Å². The van der Waals surface area contributed by atoms with E-state index in [1.54, 1.807) is 0 Å². The van der Waals surface area contributed by atoms with E-state index in [2.05, 4.69) is 75.4 Å². The van der Waals surface area contributed by atoms with E-state index in [1.165, 1.54) is 62.8 Å². The first-order chi connectivity index (χ1) is 13.4. The van der Waals surface area contributed by atoms with Gasteiger partial charge in [-0.1, -0.05) is 27.7 Å². The van der Waals surface area contributed by atoms with Crippen LogP contribution < -0.4 is 0 Å². The Labute approximate surface area is 172 Å². The summed E-state index contributed by atoms with van der Waals surface area (Å²) < 4.78 is 5.40. The number of benzene rings is 1. The minimum Gasteiger partial charge on any atom is -0.306 e.